The second-order valence-electron chi connectivity index (χ2n) is 5.44. The predicted molar refractivity (Wildman–Crippen MR) is 90.0 cm³/mol. The van der Waals surface area contributed by atoms with E-state index in [1.54, 1.807) is 24.5 Å². The lowest BCUT2D eigenvalue weighted by atomic mass is 9.89. The van der Waals surface area contributed by atoms with Crippen LogP contribution >= 0.6 is 23.2 Å². The highest BCUT2D eigenvalue weighted by atomic mass is 35.5. The smallest absolute Gasteiger partial charge is 0.167 e. The molecule has 0 atom stereocenters. The van der Waals surface area contributed by atoms with Crippen molar-refractivity contribution >= 4 is 34.7 Å². The Morgan fingerprint density at radius 2 is 1.91 bits per heavy atom. The van der Waals surface area contributed by atoms with E-state index in [0.29, 0.717) is 15.6 Å². The van der Waals surface area contributed by atoms with Crippen LogP contribution in [0.25, 0.3) is 0 Å². The van der Waals surface area contributed by atoms with Crippen molar-refractivity contribution in [2.75, 3.05) is 18.0 Å². The molecule has 0 bridgehead atoms. The van der Waals surface area contributed by atoms with Gasteiger partial charge >= 0.3 is 0 Å². The minimum atomic E-state index is 0.0541. The molecule has 0 N–H and O–H groups in total. The fourth-order valence-corrected chi connectivity index (χ4v) is 3.28. The number of hydrogen-bond acceptors (Lipinski definition) is 3. The Balaban J connectivity index is 1.68. The molecule has 0 saturated carbocycles. The lowest BCUT2D eigenvalue weighted by molar-refractivity contribution is 0.0900. The largest absolute Gasteiger partial charge is 0.370 e. The number of piperidine rings is 1. The summed E-state index contributed by atoms with van der Waals surface area (Å²) < 4.78 is 0. The number of hydrogen-bond donors (Lipinski definition) is 0. The van der Waals surface area contributed by atoms with Gasteiger partial charge in [0.2, 0.25) is 0 Å². The van der Waals surface area contributed by atoms with Gasteiger partial charge in [-0.05, 0) is 37.1 Å². The highest BCUT2D eigenvalue weighted by Crippen LogP contribution is 2.34. The lowest BCUT2D eigenvalue weighted by Crippen LogP contribution is -2.36. The van der Waals surface area contributed by atoms with Crippen LogP contribution < -0.4 is 4.90 Å². The van der Waals surface area contributed by atoms with Crippen molar-refractivity contribution in [3.8, 4) is 0 Å². The summed E-state index contributed by atoms with van der Waals surface area (Å²) in [5.74, 6) is 0.239. The zero-order valence-corrected chi connectivity index (χ0v) is 13.5. The van der Waals surface area contributed by atoms with Gasteiger partial charge in [0.05, 0.1) is 15.7 Å². The van der Waals surface area contributed by atoms with E-state index >= 15 is 0 Å². The Kier molecular flexibility index (Phi) is 4.65. The van der Waals surface area contributed by atoms with E-state index in [9.17, 15) is 4.79 Å². The Hall–Kier alpha value is -1.58. The molecule has 0 amide bonds. The zero-order chi connectivity index (χ0) is 15.5. The number of pyridine rings is 1. The van der Waals surface area contributed by atoms with E-state index in [4.69, 9.17) is 23.2 Å². The number of Topliss-reactive ketones (excluding diaryl/α,β-unsaturated/α-hetero) is 1. The molecule has 114 valence electrons. The molecule has 22 heavy (non-hydrogen) atoms. The molecule has 2 aromatic rings. The summed E-state index contributed by atoms with van der Waals surface area (Å²) in [7, 11) is 0. The van der Waals surface area contributed by atoms with Crippen molar-refractivity contribution in [1.29, 1.82) is 0 Å². The highest BCUT2D eigenvalue weighted by molar-refractivity contribution is 6.43. The van der Waals surface area contributed by atoms with Crippen LogP contribution in [0.15, 0.2) is 42.7 Å². The standard InChI is InChI=1S/C17H16Cl2N2O/c18-14-4-1-5-15(16(14)19)21-9-6-12(7-10-21)17(22)13-3-2-8-20-11-13/h1-5,8,11-12H,6-7,9-10H2. The van der Waals surface area contributed by atoms with Crippen molar-refractivity contribution in [2.24, 2.45) is 5.92 Å². The number of carbonyl (C=O) groups excluding carboxylic acids is 1. The molecule has 3 nitrogen and oxygen atoms in total. The molecular formula is C17H16Cl2N2O. The summed E-state index contributed by atoms with van der Waals surface area (Å²) in [6.07, 6.45) is 4.95. The van der Waals surface area contributed by atoms with Crippen molar-refractivity contribution in [3.05, 3.63) is 58.3 Å². The first-order valence-electron chi connectivity index (χ1n) is 7.30. The molecular weight excluding hydrogens is 319 g/mol. The number of carbonyl (C=O) groups is 1. The van der Waals surface area contributed by atoms with Crippen LogP contribution in [0.3, 0.4) is 0 Å². The Bertz CT molecular complexity index is 668. The molecule has 0 unspecified atom stereocenters. The van der Waals surface area contributed by atoms with Crippen LogP contribution in [-0.4, -0.2) is 23.9 Å². The molecule has 1 aromatic carbocycles. The van der Waals surface area contributed by atoms with E-state index in [1.165, 1.54) is 0 Å². The topological polar surface area (TPSA) is 33.2 Å². The predicted octanol–water partition coefficient (Wildman–Crippen LogP) is 4.49. The van der Waals surface area contributed by atoms with Crippen molar-refractivity contribution in [3.63, 3.8) is 0 Å². The first kappa shape index (κ1) is 15.3. The third kappa shape index (κ3) is 3.11. The molecule has 2 heterocycles. The average Bonchev–Trinajstić information content (AvgIpc) is 2.58. The van der Waals surface area contributed by atoms with Crippen molar-refractivity contribution in [1.82, 2.24) is 4.98 Å². The summed E-state index contributed by atoms with van der Waals surface area (Å²) >= 11 is 12.3. The molecule has 1 aromatic heterocycles. The molecule has 1 aliphatic rings. The minimum absolute atomic E-state index is 0.0541. The summed E-state index contributed by atoms with van der Waals surface area (Å²) in [6.45, 7) is 1.60. The van der Waals surface area contributed by atoms with Gasteiger partial charge in [-0.1, -0.05) is 29.3 Å². The van der Waals surface area contributed by atoms with E-state index in [1.807, 2.05) is 18.2 Å². The number of aromatic nitrogens is 1. The fourth-order valence-electron chi connectivity index (χ4n) is 2.86. The maximum atomic E-state index is 12.5. The van der Waals surface area contributed by atoms with Gasteiger partial charge in [-0.25, -0.2) is 0 Å². The Labute approximate surface area is 139 Å². The second-order valence-corrected chi connectivity index (χ2v) is 6.23. The monoisotopic (exact) mass is 334 g/mol. The summed E-state index contributed by atoms with van der Waals surface area (Å²) in [5, 5.41) is 1.15. The van der Waals surface area contributed by atoms with E-state index < -0.39 is 0 Å². The number of ketones is 1. The van der Waals surface area contributed by atoms with Crippen LogP contribution in [0.4, 0.5) is 5.69 Å². The first-order valence-corrected chi connectivity index (χ1v) is 8.05. The zero-order valence-electron chi connectivity index (χ0n) is 12.0. The van der Waals surface area contributed by atoms with Crippen LogP contribution in [0.5, 0.6) is 0 Å². The number of anilines is 1. The minimum Gasteiger partial charge on any atom is -0.370 e. The van der Waals surface area contributed by atoms with Crippen LogP contribution in [0.2, 0.25) is 10.0 Å². The van der Waals surface area contributed by atoms with Crippen LogP contribution in [-0.2, 0) is 0 Å². The van der Waals surface area contributed by atoms with Gasteiger partial charge < -0.3 is 4.90 Å². The Morgan fingerprint density at radius 3 is 2.59 bits per heavy atom. The van der Waals surface area contributed by atoms with Gasteiger partial charge in [-0.15, -0.1) is 0 Å². The number of rotatable bonds is 3. The number of benzene rings is 1. The number of nitrogens with zero attached hydrogens (tertiary/aromatic N) is 2. The second kappa shape index (κ2) is 6.67. The van der Waals surface area contributed by atoms with Crippen LogP contribution in [0, 0.1) is 5.92 Å². The van der Waals surface area contributed by atoms with Crippen molar-refractivity contribution in [2.45, 2.75) is 12.8 Å². The van der Waals surface area contributed by atoms with Crippen molar-refractivity contribution < 1.29 is 4.79 Å². The van der Waals surface area contributed by atoms with Gasteiger partial charge in [-0.2, -0.15) is 0 Å². The molecule has 1 saturated heterocycles. The maximum absolute atomic E-state index is 12.5. The van der Waals surface area contributed by atoms with E-state index in [2.05, 4.69) is 9.88 Å². The lowest BCUT2D eigenvalue weighted by Gasteiger charge is -2.33. The van der Waals surface area contributed by atoms with Gasteiger partial charge in [0, 0.05) is 37.0 Å². The average molecular weight is 335 g/mol. The van der Waals surface area contributed by atoms with E-state index in [0.717, 1.165) is 31.6 Å². The Morgan fingerprint density at radius 1 is 1.14 bits per heavy atom. The third-order valence-corrected chi connectivity index (χ3v) is 4.89. The van der Waals surface area contributed by atoms with Gasteiger partial charge in [0.1, 0.15) is 0 Å². The SMILES string of the molecule is O=C(c1cccnc1)C1CCN(c2cccc(Cl)c2Cl)CC1. The summed E-state index contributed by atoms with van der Waals surface area (Å²) in [4.78, 5) is 18.7. The molecule has 0 aliphatic carbocycles. The highest BCUT2D eigenvalue weighted by Gasteiger charge is 2.27. The summed E-state index contributed by atoms with van der Waals surface area (Å²) in [5.41, 5.74) is 1.64. The molecule has 1 fully saturated rings. The van der Waals surface area contributed by atoms with Gasteiger partial charge in [0.25, 0.3) is 0 Å². The van der Waals surface area contributed by atoms with Crippen LogP contribution in [0.1, 0.15) is 23.2 Å². The number of halogens is 2. The quantitative estimate of drug-likeness (QED) is 0.775. The first-order chi connectivity index (χ1) is 10.7. The molecule has 0 spiro atoms. The maximum Gasteiger partial charge on any atom is 0.167 e. The normalized spacial score (nSPS) is 15.8. The summed E-state index contributed by atoms with van der Waals surface area (Å²) in [6, 6.07) is 9.28. The van der Waals surface area contributed by atoms with Gasteiger partial charge in [0.15, 0.2) is 5.78 Å². The molecule has 3 rings (SSSR count). The molecule has 0 radical (unpaired) electrons. The molecule has 5 heteroatoms. The molecule has 1 aliphatic heterocycles. The third-order valence-electron chi connectivity index (χ3n) is 4.08. The fraction of sp³-hybridized carbons (Fsp3) is 0.294. The van der Waals surface area contributed by atoms with Gasteiger partial charge in [-0.3, -0.25) is 9.78 Å². The van der Waals surface area contributed by atoms with E-state index in [-0.39, 0.29) is 11.7 Å².